The largest absolute Gasteiger partial charge is 0.324 e. The Balaban J connectivity index is 1.86. The highest BCUT2D eigenvalue weighted by Crippen LogP contribution is 2.16. The number of rotatable bonds is 7. The highest BCUT2D eigenvalue weighted by Gasteiger charge is 2.26. The van der Waals surface area contributed by atoms with Crippen molar-refractivity contribution >= 4 is 21.6 Å². The monoisotopic (exact) mass is 394 g/mol. The van der Waals surface area contributed by atoms with E-state index in [1.54, 1.807) is 24.3 Å². The van der Waals surface area contributed by atoms with Gasteiger partial charge in [-0.05, 0) is 42.7 Å². The second kappa shape index (κ2) is 8.82. The summed E-state index contributed by atoms with van der Waals surface area (Å²) in [6, 6.07) is 23.8. The fraction of sp³-hybridized carbons (Fsp3) is 0.136. The second-order valence-electron chi connectivity index (χ2n) is 6.48. The Labute approximate surface area is 165 Å². The van der Waals surface area contributed by atoms with Crippen LogP contribution in [0.25, 0.3) is 0 Å². The Kier molecular flexibility index (Phi) is 6.23. The van der Waals surface area contributed by atoms with E-state index < -0.39 is 22.0 Å². The molecule has 0 unspecified atom stereocenters. The van der Waals surface area contributed by atoms with E-state index in [-0.39, 0.29) is 11.3 Å². The molecule has 0 aromatic heterocycles. The predicted octanol–water partition coefficient (Wildman–Crippen LogP) is 3.52. The number of nitrogens with one attached hydrogen (secondary N) is 2. The van der Waals surface area contributed by atoms with Crippen LogP contribution in [0.2, 0.25) is 0 Å². The van der Waals surface area contributed by atoms with Gasteiger partial charge in [0.2, 0.25) is 15.9 Å². The van der Waals surface area contributed by atoms with Crippen molar-refractivity contribution < 1.29 is 13.2 Å². The highest BCUT2D eigenvalue weighted by atomic mass is 32.2. The number of hydrogen-bond acceptors (Lipinski definition) is 3. The fourth-order valence-electron chi connectivity index (χ4n) is 2.83. The minimum Gasteiger partial charge on any atom is -0.324 e. The molecule has 1 atom stereocenters. The van der Waals surface area contributed by atoms with E-state index in [1.165, 1.54) is 12.1 Å². The van der Waals surface area contributed by atoms with Crippen molar-refractivity contribution in [3.05, 3.63) is 96.1 Å². The molecule has 6 heteroatoms. The van der Waals surface area contributed by atoms with Crippen LogP contribution in [-0.2, 0) is 21.2 Å². The molecule has 3 aromatic rings. The first-order valence-corrected chi connectivity index (χ1v) is 10.4. The summed E-state index contributed by atoms with van der Waals surface area (Å²) in [5.41, 5.74) is 2.42. The van der Waals surface area contributed by atoms with Gasteiger partial charge >= 0.3 is 0 Å². The molecule has 0 fully saturated rings. The SMILES string of the molecule is Cc1ccccc1NC(=O)[C@H](Cc1ccccc1)NS(=O)(=O)c1ccccc1. The number of aryl methyl sites for hydroxylation is 1. The number of hydrogen-bond donors (Lipinski definition) is 2. The van der Waals surface area contributed by atoms with Crippen molar-refractivity contribution in [3.63, 3.8) is 0 Å². The van der Waals surface area contributed by atoms with Crippen LogP contribution in [0.1, 0.15) is 11.1 Å². The lowest BCUT2D eigenvalue weighted by Crippen LogP contribution is -2.45. The van der Waals surface area contributed by atoms with Crippen molar-refractivity contribution in [3.8, 4) is 0 Å². The zero-order valence-electron chi connectivity index (χ0n) is 15.5. The lowest BCUT2D eigenvalue weighted by atomic mass is 10.1. The molecular formula is C22H22N2O3S. The van der Waals surface area contributed by atoms with Gasteiger partial charge in [0, 0.05) is 5.69 Å². The molecule has 3 rings (SSSR count). The third-order valence-corrected chi connectivity index (χ3v) is 5.84. The van der Waals surface area contributed by atoms with E-state index in [9.17, 15) is 13.2 Å². The highest BCUT2D eigenvalue weighted by molar-refractivity contribution is 7.89. The van der Waals surface area contributed by atoms with Gasteiger partial charge in [-0.3, -0.25) is 4.79 Å². The van der Waals surface area contributed by atoms with E-state index in [1.807, 2.05) is 55.5 Å². The number of amides is 1. The normalized spacial score (nSPS) is 12.3. The van der Waals surface area contributed by atoms with Crippen LogP contribution in [0.3, 0.4) is 0 Å². The lowest BCUT2D eigenvalue weighted by molar-refractivity contribution is -0.117. The first-order valence-electron chi connectivity index (χ1n) is 8.93. The summed E-state index contributed by atoms with van der Waals surface area (Å²) < 4.78 is 28.1. The second-order valence-corrected chi connectivity index (χ2v) is 8.19. The molecule has 0 aliphatic heterocycles. The average Bonchev–Trinajstić information content (AvgIpc) is 2.70. The number of sulfonamides is 1. The van der Waals surface area contributed by atoms with Crippen LogP contribution >= 0.6 is 0 Å². The molecule has 0 aliphatic rings. The summed E-state index contributed by atoms with van der Waals surface area (Å²) in [5, 5.41) is 2.84. The molecule has 0 radical (unpaired) electrons. The summed E-state index contributed by atoms with van der Waals surface area (Å²) in [6.07, 6.45) is 0.241. The topological polar surface area (TPSA) is 75.3 Å². The van der Waals surface area contributed by atoms with Gasteiger partial charge in [0.1, 0.15) is 6.04 Å². The van der Waals surface area contributed by atoms with Gasteiger partial charge < -0.3 is 5.32 Å². The maximum atomic E-state index is 12.9. The summed E-state index contributed by atoms with van der Waals surface area (Å²) in [4.78, 5) is 13.1. The number of anilines is 1. The van der Waals surface area contributed by atoms with E-state index in [0.717, 1.165) is 11.1 Å². The van der Waals surface area contributed by atoms with E-state index in [0.29, 0.717) is 5.69 Å². The number of carbonyl (C=O) groups excluding carboxylic acids is 1. The maximum absolute atomic E-state index is 12.9. The Hall–Kier alpha value is -2.96. The smallest absolute Gasteiger partial charge is 0.242 e. The first kappa shape index (κ1) is 19.8. The van der Waals surface area contributed by atoms with E-state index >= 15 is 0 Å². The van der Waals surface area contributed by atoms with Gasteiger partial charge in [0.15, 0.2) is 0 Å². The molecule has 5 nitrogen and oxygen atoms in total. The molecular weight excluding hydrogens is 372 g/mol. The molecule has 2 N–H and O–H groups in total. The van der Waals surface area contributed by atoms with Crippen LogP contribution in [0.4, 0.5) is 5.69 Å². The van der Waals surface area contributed by atoms with Crippen LogP contribution in [0, 0.1) is 6.92 Å². The zero-order valence-corrected chi connectivity index (χ0v) is 16.3. The van der Waals surface area contributed by atoms with E-state index in [4.69, 9.17) is 0 Å². The first-order chi connectivity index (χ1) is 13.5. The van der Waals surface area contributed by atoms with Gasteiger partial charge in [0.25, 0.3) is 0 Å². The van der Waals surface area contributed by atoms with Gasteiger partial charge in [-0.2, -0.15) is 4.72 Å². The maximum Gasteiger partial charge on any atom is 0.242 e. The van der Waals surface area contributed by atoms with Crippen molar-refractivity contribution in [1.29, 1.82) is 0 Å². The summed E-state index contributed by atoms with van der Waals surface area (Å²) in [6.45, 7) is 1.88. The standard InChI is InChI=1S/C22H22N2O3S/c1-17-10-8-9-15-20(17)23-22(25)21(16-18-11-4-2-5-12-18)24-28(26,27)19-13-6-3-7-14-19/h2-15,21,24H,16H2,1H3,(H,23,25)/t21-/m0/s1. The zero-order chi connectivity index (χ0) is 20.0. The molecule has 28 heavy (non-hydrogen) atoms. The van der Waals surface area contributed by atoms with Crippen molar-refractivity contribution in [2.24, 2.45) is 0 Å². The Morgan fingerprint density at radius 1 is 0.857 bits per heavy atom. The molecule has 3 aromatic carbocycles. The molecule has 0 saturated heterocycles. The summed E-state index contributed by atoms with van der Waals surface area (Å²) in [7, 11) is -3.84. The quantitative estimate of drug-likeness (QED) is 0.644. The molecule has 0 heterocycles. The minimum absolute atomic E-state index is 0.122. The third-order valence-electron chi connectivity index (χ3n) is 4.35. The van der Waals surface area contributed by atoms with Crippen LogP contribution in [-0.4, -0.2) is 20.4 Å². The third kappa shape index (κ3) is 5.06. The number of para-hydroxylation sites is 1. The Bertz CT molecular complexity index is 1040. The van der Waals surface area contributed by atoms with Crippen molar-refractivity contribution in [1.82, 2.24) is 4.72 Å². The van der Waals surface area contributed by atoms with E-state index in [2.05, 4.69) is 10.0 Å². The van der Waals surface area contributed by atoms with Crippen molar-refractivity contribution in [2.75, 3.05) is 5.32 Å². The molecule has 0 spiro atoms. The summed E-state index contributed by atoms with van der Waals surface area (Å²) in [5.74, 6) is -0.405. The molecule has 1 amide bonds. The van der Waals surface area contributed by atoms with Crippen molar-refractivity contribution in [2.45, 2.75) is 24.3 Å². The van der Waals surface area contributed by atoms with Gasteiger partial charge in [0.05, 0.1) is 4.90 Å². The lowest BCUT2D eigenvalue weighted by Gasteiger charge is -2.19. The predicted molar refractivity (Wildman–Crippen MR) is 111 cm³/mol. The number of carbonyl (C=O) groups is 1. The fourth-order valence-corrected chi connectivity index (χ4v) is 4.04. The number of benzene rings is 3. The Morgan fingerprint density at radius 2 is 1.43 bits per heavy atom. The average molecular weight is 394 g/mol. The minimum atomic E-state index is -3.84. The summed E-state index contributed by atoms with van der Waals surface area (Å²) >= 11 is 0. The van der Waals surface area contributed by atoms with Crippen LogP contribution in [0.15, 0.2) is 89.8 Å². The molecule has 0 bridgehead atoms. The van der Waals surface area contributed by atoms with Gasteiger partial charge in [-0.1, -0.05) is 66.7 Å². The van der Waals surface area contributed by atoms with Gasteiger partial charge in [-0.15, -0.1) is 0 Å². The van der Waals surface area contributed by atoms with Crippen LogP contribution in [0.5, 0.6) is 0 Å². The van der Waals surface area contributed by atoms with Gasteiger partial charge in [-0.25, -0.2) is 8.42 Å². The Morgan fingerprint density at radius 3 is 2.07 bits per heavy atom. The molecule has 144 valence electrons. The molecule has 0 aliphatic carbocycles. The molecule has 0 saturated carbocycles. The van der Waals surface area contributed by atoms with Crippen LogP contribution < -0.4 is 10.0 Å².